The van der Waals surface area contributed by atoms with Crippen LogP contribution in [0.25, 0.3) is 11.3 Å². The molecule has 0 fully saturated rings. The fourth-order valence-electron chi connectivity index (χ4n) is 2.38. The Labute approximate surface area is 149 Å². The van der Waals surface area contributed by atoms with E-state index < -0.39 is 0 Å². The van der Waals surface area contributed by atoms with Crippen LogP contribution in [0.4, 0.5) is 0 Å². The van der Waals surface area contributed by atoms with Gasteiger partial charge in [0.2, 0.25) is 0 Å². The summed E-state index contributed by atoms with van der Waals surface area (Å²) in [5.41, 5.74) is 4.64. The van der Waals surface area contributed by atoms with Crippen molar-refractivity contribution in [2.24, 2.45) is 0 Å². The van der Waals surface area contributed by atoms with Gasteiger partial charge in [0.1, 0.15) is 5.69 Å². The van der Waals surface area contributed by atoms with Crippen molar-refractivity contribution in [3.8, 4) is 11.3 Å². The van der Waals surface area contributed by atoms with Crippen molar-refractivity contribution in [3.63, 3.8) is 0 Å². The van der Waals surface area contributed by atoms with E-state index >= 15 is 0 Å². The first-order valence-electron chi connectivity index (χ1n) is 7.77. The number of hydrogen-bond donors (Lipinski definition) is 2. The standard InChI is InChI=1S/C19H18BrN3O/c1-13-2-4-14(5-3-13)10-11-21-19(24)18-12-17(22-23-18)15-6-8-16(20)9-7-15/h2-9,12H,10-11H2,1H3,(H,21,24)(H,22,23). The molecule has 0 unspecified atom stereocenters. The molecular formula is C19H18BrN3O. The van der Waals surface area contributed by atoms with Gasteiger partial charge in [0, 0.05) is 16.6 Å². The van der Waals surface area contributed by atoms with Crippen LogP contribution < -0.4 is 5.32 Å². The minimum atomic E-state index is -0.141. The zero-order chi connectivity index (χ0) is 16.9. The highest BCUT2D eigenvalue weighted by atomic mass is 79.9. The van der Waals surface area contributed by atoms with Crippen LogP contribution in [0.1, 0.15) is 21.6 Å². The molecule has 0 atom stereocenters. The molecule has 1 heterocycles. The first-order valence-corrected chi connectivity index (χ1v) is 8.56. The lowest BCUT2D eigenvalue weighted by Crippen LogP contribution is -2.26. The third kappa shape index (κ3) is 4.11. The number of nitrogens with zero attached hydrogens (tertiary/aromatic N) is 1. The summed E-state index contributed by atoms with van der Waals surface area (Å²) in [4.78, 5) is 12.2. The summed E-state index contributed by atoms with van der Waals surface area (Å²) >= 11 is 3.41. The average molecular weight is 384 g/mol. The summed E-state index contributed by atoms with van der Waals surface area (Å²) in [5, 5.41) is 9.93. The molecule has 0 aliphatic carbocycles. The lowest BCUT2D eigenvalue weighted by molar-refractivity contribution is 0.0949. The van der Waals surface area contributed by atoms with Crippen molar-refractivity contribution in [3.05, 3.63) is 75.9 Å². The van der Waals surface area contributed by atoms with Crippen molar-refractivity contribution >= 4 is 21.8 Å². The van der Waals surface area contributed by atoms with Crippen LogP contribution in [-0.2, 0) is 6.42 Å². The molecule has 1 aromatic heterocycles. The maximum atomic E-state index is 12.2. The molecule has 0 aliphatic heterocycles. The molecule has 2 aromatic carbocycles. The normalized spacial score (nSPS) is 10.6. The Morgan fingerprint density at radius 3 is 2.54 bits per heavy atom. The van der Waals surface area contributed by atoms with Gasteiger partial charge in [0.25, 0.3) is 5.91 Å². The summed E-state index contributed by atoms with van der Waals surface area (Å²) in [6.45, 7) is 2.65. The topological polar surface area (TPSA) is 57.8 Å². The van der Waals surface area contributed by atoms with Gasteiger partial charge in [-0.2, -0.15) is 5.10 Å². The van der Waals surface area contributed by atoms with Crippen molar-refractivity contribution < 1.29 is 4.79 Å². The van der Waals surface area contributed by atoms with Gasteiger partial charge in [0.05, 0.1) is 5.69 Å². The molecule has 3 aromatic rings. The first-order chi connectivity index (χ1) is 11.6. The molecule has 0 bridgehead atoms. The van der Waals surface area contributed by atoms with Crippen molar-refractivity contribution in [2.75, 3.05) is 6.54 Å². The zero-order valence-electron chi connectivity index (χ0n) is 13.3. The molecule has 24 heavy (non-hydrogen) atoms. The second-order valence-electron chi connectivity index (χ2n) is 5.67. The van der Waals surface area contributed by atoms with Crippen LogP contribution in [0, 0.1) is 6.92 Å². The molecule has 0 radical (unpaired) electrons. The maximum Gasteiger partial charge on any atom is 0.269 e. The highest BCUT2D eigenvalue weighted by Gasteiger charge is 2.10. The predicted octanol–water partition coefficient (Wildman–Crippen LogP) is 4.12. The van der Waals surface area contributed by atoms with E-state index in [1.54, 1.807) is 6.07 Å². The third-order valence-corrected chi connectivity index (χ3v) is 4.31. The Kier molecular flexibility index (Phi) is 5.11. The number of aromatic nitrogens is 2. The number of benzene rings is 2. The summed E-state index contributed by atoms with van der Waals surface area (Å²) in [6.07, 6.45) is 0.805. The Morgan fingerprint density at radius 1 is 1.12 bits per heavy atom. The SMILES string of the molecule is Cc1ccc(CCNC(=O)c2cc(-c3ccc(Br)cc3)n[nH]2)cc1. The van der Waals surface area contributed by atoms with Crippen molar-refractivity contribution in [2.45, 2.75) is 13.3 Å². The molecule has 0 saturated carbocycles. The average Bonchev–Trinajstić information content (AvgIpc) is 3.07. The molecule has 0 saturated heterocycles. The van der Waals surface area contributed by atoms with Gasteiger partial charge in [-0.25, -0.2) is 0 Å². The van der Waals surface area contributed by atoms with E-state index in [2.05, 4.69) is 62.6 Å². The molecule has 3 rings (SSSR count). The highest BCUT2D eigenvalue weighted by molar-refractivity contribution is 9.10. The van der Waals surface area contributed by atoms with Crippen LogP contribution >= 0.6 is 15.9 Å². The van der Waals surface area contributed by atoms with E-state index in [1.807, 2.05) is 24.3 Å². The maximum absolute atomic E-state index is 12.2. The van der Waals surface area contributed by atoms with Crippen LogP contribution in [-0.4, -0.2) is 22.6 Å². The van der Waals surface area contributed by atoms with Crippen LogP contribution in [0.3, 0.4) is 0 Å². The van der Waals surface area contributed by atoms with E-state index in [0.717, 1.165) is 22.2 Å². The lowest BCUT2D eigenvalue weighted by atomic mass is 10.1. The second kappa shape index (κ2) is 7.45. The van der Waals surface area contributed by atoms with E-state index in [1.165, 1.54) is 11.1 Å². The van der Waals surface area contributed by atoms with Crippen LogP contribution in [0.5, 0.6) is 0 Å². The molecule has 4 nitrogen and oxygen atoms in total. The fraction of sp³-hybridized carbons (Fsp3) is 0.158. The molecule has 5 heteroatoms. The van der Waals surface area contributed by atoms with E-state index in [9.17, 15) is 4.79 Å². The fourth-order valence-corrected chi connectivity index (χ4v) is 2.64. The number of halogens is 1. The first kappa shape index (κ1) is 16.5. The quantitative estimate of drug-likeness (QED) is 0.695. The van der Waals surface area contributed by atoms with E-state index in [4.69, 9.17) is 0 Å². The number of hydrogen-bond acceptors (Lipinski definition) is 2. The number of aryl methyl sites for hydroxylation is 1. The second-order valence-corrected chi connectivity index (χ2v) is 6.58. The minimum absolute atomic E-state index is 0.141. The summed E-state index contributed by atoms with van der Waals surface area (Å²) in [7, 11) is 0. The largest absolute Gasteiger partial charge is 0.350 e. The molecule has 2 N–H and O–H groups in total. The Hall–Kier alpha value is -2.40. The summed E-state index contributed by atoms with van der Waals surface area (Å²) in [6, 6.07) is 17.9. The molecule has 1 amide bonds. The third-order valence-electron chi connectivity index (χ3n) is 3.78. The zero-order valence-corrected chi connectivity index (χ0v) is 14.9. The van der Waals surface area contributed by atoms with Gasteiger partial charge in [-0.1, -0.05) is 57.9 Å². The molecular weight excluding hydrogens is 366 g/mol. The monoisotopic (exact) mass is 383 g/mol. The number of rotatable bonds is 5. The predicted molar refractivity (Wildman–Crippen MR) is 98.9 cm³/mol. The lowest BCUT2D eigenvalue weighted by Gasteiger charge is -2.04. The summed E-state index contributed by atoms with van der Waals surface area (Å²) in [5.74, 6) is -0.141. The number of amides is 1. The molecule has 122 valence electrons. The smallest absolute Gasteiger partial charge is 0.269 e. The van der Waals surface area contributed by atoms with E-state index in [0.29, 0.717) is 12.2 Å². The van der Waals surface area contributed by atoms with Gasteiger partial charge in [-0.05, 0) is 37.1 Å². The Bertz CT molecular complexity index is 823. The van der Waals surface area contributed by atoms with E-state index in [-0.39, 0.29) is 5.91 Å². The molecule has 0 spiro atoms. The van der Waals surface area contributed by atoms with Crippen LogP contribution in [0.15, 0.2) is 59.1 Å². The molecule has 0 aliphatic rings. The Balaban J connectivity index is 1.57. The number of carbonyl (C=O) groups excluding carboxylic acids is 1. The highest BCUT2D eigenvalue weighted by Crippen LogP contribution is 2.20. The number of aromatic amines is 1. The number of H-pyrrole nitrogens is 1. The van der Waals surface area contributed by atoms with Crippen molar-refractivity contribution in [1.82, 2.24) is 15.5 Å². The van der Waals surface area contributed by atoms with Crippen molar-refractivity contribution in [1.29, 1.82) is 0 Å². The van der Waals surface area contributed by atoms with Gasteiger partial charge in [-0.15, -0.1) is 0 Å². The Morgan fingerprint density at radius 2 is 1.83 bits per heavy atom. The van der Waals surface area contributed by atoms with Gasteiger partial charge in [0.15, 0.2) is 0 Å². The minimum Gasteiger partial charge on any atom is -0.350 e. The van der Waals surface area contributed by atoms with Crippen LogP contribution in [0.2, 0.25) is 0 Å². The van der Waals surface area contributed by atoms with Gasteiger partial charge < -0.3 is 5.32 Å². The number of nitrogens with one attached hydrogen (secondary N) is 2. The summed E-state index contributed by atoms with van der Waals surface area (Å²) < 4.78 is 1.01. The van der Waals surface area contributed by atoms with Gasteiger partial charge >= 0.3 is 0 Å². The number of carbonyl (C=O) groups is 1. The van der Waals surface area contributed by atoms with Gasteiger partial charge in [-0.3, -0.25) is 9.89 Å².